The summed E-state index contributed by atoms with van der Waals surface area (Å²) in [6, 6.07) is 0.398. The summed E-state index contributed by atoms with van der Waals surface area (Å²) >= 11 is 3.16. The van der Waals surface area contributed by atoms with Crippen LogP contribution in [-0.2, 0) is 12.2 Å². The average Bonchev–Trinajstić information content (AvgIpc) is 3.40. The maximum absolute atomic E-state index is 12.8. The zero-order chi connectivity index (χ0) is 19.7. The summed E-state index contributed by atoms with van der Waals surface area (Å²) in [5.74, 6) is 1.79. The smallest absolute Gasteiger partial charge is 0.259 e. The normalized spacial score (nSPS) is 16.2. The summed E-state index contributed by atoms with van der Waals surface area (Å²) in [5, 5.41) is 13.8. The lowest BCUT2D eigenvalue weighted by atomic mass is 9.98. The molecule has 0 aliphatic heterocycles. The molecule has 28 heavy (non-hydrogen) atoms. The predicted octanol–water partition coefficient (Wildman–Crippen LogP) is 4.28. The summed E-state index contributed by atoms with van der Waals surface area (Å²) in [5.41, 5.74) is 1.13. The zero-order valence-electron chi connectivity index (χ0n) is 16.6. The number of fused-ring (bicyclic) bond motifs is 1. The van der Waals surface area contributed by atoms with Crippen LogP contribution in [-0.4, -0.2) is 30.2 Å². The molecule has 1 aliphatic carbocycles. The third-order valence-electron chi connectivity index (χ3n) is 5.63. The van der Waals surface area contributed by atoms with Crippen LogP contribution < -0.4 is 5.56 Å². The fourth-order valence-electron chi connectivity index (χ4n) is 3.82. The number of nitrogens with zero attached hydrogens (tertiary/aromatic N) is 5. The predicted molar refractivity (Wildman–Crippen MR) is 113 cm³/mol. The first kappa shape index (κ1) is 19.6. The van der Waals surface area contributed by atoms with Gasteiger partial charge in [-0.25, -0.2) is 9.67 Å². The van der Waals surface area contributed by atoms with Crippen molar-refractivity contribution in [3.8, 4) is 0 Å². The number of tetrazole rings is 1. The Morgan fingerprint density at radius 3 is 2.89 bits per heavy atom. The van der Waals surface area contributed by atoms with E-state index in [2.05, 4.69) is 41.3 Å². The minimum Gasteiger partial charge on any atom is -0.309 e. The van der Waals surface area contributed by atoms with Gasteiger partial charge in [0.2, 0.25) is 5.16 Å². The van der Waals surface area contributed by atoms with Crippen molar-refractivity contribution in [2.24, 2.45) is 5.92 Å². The molecule has 3 heterocycles. The highest BCUT2D eigenvalue weighted by molar-refractivity contribution is 7.98. The van der Waals surface area contributed by atoms with E-state index in [-0.39, 0.29) is 5.56 Å². The summed E-state index contributed by atoms with van der Waals surface area (Å²) in [6.45, 7) is 6.50. The minimum absolute atomic E-state index is 0.0290. The molecule has 1 fully saturated rings. The summed E-state index contributed by atoms with van der Waals surface area (Å²) in [4.78, 5) is 22.6. The van der Waals surface area contributed by atoms with Crippen molar-refractivity contribution in [1.82, 2.24) is 30.2 Å². The lowest BCUT2D eigenvalue weighted by molar-refractivity contribution is 0.423. The Morgan fingerprint density at radius 1 is 1.36 bits per heavy atom. The van der Waals surface area contributed by atoms with E-state index in [1.54, 1.807) is 11.3 Å². The minimum atomic E-state index is -0.0290. The second kappa shape index (κ2) is 8.32. The molecule has 1 aliphatic rings. The van der Waals surface area contributed by atoms with Crippen molar-refractivity contribution in [2.45, 2.75) is 76.2 Å². The van der Waals surface area contributed by atoms with E-state index in [0.717, 1.165) is 46.6 Å². The second-order valence-corrected chi connectivity index (χ2v) is 9.83. The number of hydrogen-bond acceptors (Lipinski definition) is 7. The van der Waals surface area contributed by atoms with Crippen molar-refractivity contribution in [2.75, 3.05) is 0 Å². The number of aryl methyl sites for hydroxylation is 1. The molecule has 150 valence electrons. The molecular formula is C19H26N6OS2. The average molecular weight is 419 g/mol. The number of rotatable bonds is 7. The van der Waals surface area contributed by atoms with Crippen molar-refractivity contribution >= 4 is 33.3 Å². The molecule has 0 radical (unpaired) electrons. The van der Waals surface area contributed by atoms with Gasteiger partial charge in [0.05, 0.1) is 17.2 Å². The Balaban J connectivity index is 1.56. The van der Waals surface area contributed by atoms with E-state index >= 15 is 0 Å². The Hall–Kier alpha value is -1.74. The van der Waals surface area contributed by atoms with Crippen molar-refractivity contribution in [1.29, 1.82) is 0 Å². The highest BCUT2D eigenvalue weighted by Gasteiger charge is 2.22. The van der Waals surface area contributed by atoms with Gasteiger partial charge in [0.1, 0.15) is 10.7 Å². The number of H-pyrrole nitrogens is 1. The molecule has 9 heteroatoms. The highest BCUT2D eigenvalue weighted by Crippen LogP contribution is 2.33. The van der Waals surface area contributed by atoms with Crippen LogP contribution in [0.25, 0.3) is 10.2 Å². The fourth-order valence-corrected chi connectivity index (χ4v) is 5.71. The first-order chi connectivity index (χ1) is 13.6. The van der Waals surface area contributed by atoms with E-state index in [9.17, 15) is 4.79 Å². The van der Waals surface area contributed by atoms with Gasteiger partial charge in [0.25, 0.3) is 5.56 Å². The van der Waals surface area contributed by atoms with Gasteiger partial charge in [-0.2, -0.15) is 0 Å². The van der Waals surface area contributed by atoms with Crippen molar-refractivity contribution in [3.05, 3.63) is 26.6 Å². The molecule has 4 rings (SSSR count). The molecule has 1 N–H and O–H groups in total. The van der Waals surface area contributed by atoms with E-state index in [1.165, 1.54) is 29.5 Å². The van der Waals surface area contributed by atoms with Gasteiger partial charge in [-0.1, -0.05) is 44.9 Å². The molecule has 1 atom stereocenters. The largest absolute Gasteiger partial charge is 0.309 e. The lowest BCUT2D eigenvalue weighted by Crippen LogP contribution is -2.13. The van der Waals surface area contributed by atoms with Crippen molar-refractivity contribution < 1.29 is 0 Å². The summed E-state index contributed by atoms with van der Waals surface area (Å²) in [6.07, 6.45) is 6.76. The van der Waals surface area contributed by atoms with Gasteiger partial charge < -0.3 is 4.98 Å². The van der Waals surface area contributed by atoms with Crippen LogP contribution >= 0.6 is 23.1 Å². The number of hydrogen-bond donors (Lipinski definition) is 1. The Labute approximate surface area is 172 Å². The van der Waals surface area contributed by atoms with Crippen LogP contribution in [0, 0.1) is 12.8 Å². The highest BCUT2D eigenvalue weighted by atomic mass is 32.2. The third kappa shape index (κ3) is 3.87. The standard InChI is InChI=1S/C19H26N6OS2/c1-4-11(2)9-14-12(3)28-18-16(14)17(26)20-15(21-18)10-27-19-22-23-24-25(19)13-7-5-6-8-13/h11,13H,4-10H2,1-3H3,(H,20,21,26). The Kier molecular flexibility index (Phi) is 5.82. The Bertz CT molecular complexity index is 1020. The first-order valence-electron chi connectivity index (χ1n) is 9.98. The summed E-state index contributed by atoms with van der Waals surface area (Å²) < 4.78 is 1.94. The van der Waals surface area contributed by atoms with Crippen LogP contribution in [0.1, 0.15) is 68.3 Å². The molecular weight excluding hydrogens is 392 g/mol. The molecule has 7 nitrogen and oxygen atoms in total. The molecule has 3 aromatic rings. The maximum atomic E-state index is 12.8. The van der Waals surface area contributed by atoms with E-state index in [0.29, 0.717) is 23.5 Å². The van der Waals surface area contributed by atoms with Gasteiger partial charge in [0, 0.05) is 4.88 Å². The lowest BCUT2D eigenvalue weighted by Gasteiger charge is -2.10. The van der Waals surface area contributed by atoms with Gasteiger partial charge in [-0.15, -0.1) is 16.4 Å². The van der Waals surface area contributed by atoms with Gasteiger partial charge in [-0.3, -0.25) is 4.79 Å². The number of thioether (sulfide) groups is 1. The van der Waals surface area contributed by atoms with Crippen LogP contribution in [0.4, 0.5) is 0 Å². The molecule has 1 saturated carbocycles. The van der Waals surface area contributed by atoms with Crippen molar-refractivity contribution in [3.63, 3.8) is 0 Å². The molecule has 0 saturated heterocycles. The fraction of sp³-hybridized carbons (Fsp3) is 0.632. The molecule has 1 unspecified atom stereocenters. The number of nitrogens with one attached hydrogen (secondary N) is 1. The quantitative estimate of drug-likeness (QED) is 0.576. The molecule has 0 bridgehead atoms. The third-order valence-corrected chi connectivity index (χ3v) is 7.62. The van der Waals surface area contributed by atoms with Crippen LogP contribution in [0.15, 0.2) is 9.95 Å². The number of aromatic nitrogens is 6. The van der Waals surface area contributed by atoms with E-state index < -0.39 is 0 Å². The molecule has 0 amide bonds. The SMILES string of the molecule is CCC(C)Cc1c(C)sc2nc(CSc3nnnn3C3CCCC3)[nH]c(=O)c12. The van der Waals surface area contributed by atoms with E-state index in [1.807, 2.05) is 4.68 Å². The van der Waals surface area contributed by atoms with Gasteiger partial charge >= 0.3 is 0 Å². The van der Waals surface area contributed by atoms with Crippen LogP contribution in [0.5, 0.6) is 0 Å². The first-order valence-corrected chi connectivity index (χ1v) is 11.8. The van der Waals surface area contributed by atoms with Gasteiger partial charge in [-0.05, 0) is 48.1 Å². The van der Waals surface area contributed by atoms with E-state index in [4.69, 9.17) is 4.98 Å². The summed E-state index contributed by atoms with van der Waals surface area (Å²) in [7, 11) is 0. The number of thiophene rings is 1. The van der Waals surface area contributed by atoms with Crippen LogP contribution in [0.3, 0.4) is 0 Å². The maximum Gasteiger partial charge on any atom is 0.259 e. The monoisotopic (exact) mass is 418 g/mol. The van der Waals surface area contributed by atoms with Gasteiger partial charge in [0.15, 0.2) is 0 Å². The number of aromatic amines is 1. The van der Waals surface area contributed by atoms with Crippen LogP contribution in [0.2, 0.25) is 0 Å². The molecule has 3 aromatic heterocycles. The molecule has 0 spiro atoms. The zero-order valence-corrected chi connectivity index (χ0v) is 18.2. The Morgan fingerprint density at radius 2 is 2.14 bits per heavy atom. The topological polar surface area (TPSA) is 89.3 Å². The molecule has 0 aromatic carbocycles. The second-order valence-electron chi connectivity index (χ2n) is 7.68.